The quantitative estimate of drug-likeness (QED) is 0.756. The van der Waals surface area contributed by atoms with Gasteiger partial charge in [0.1, 0.15) is 5.75 Å². The number of rotatable bonds is 3. The maximum absolute atomic E-state index is 9.18. The molecule has 66 valence electrons. The average molecular weight is 186 g/mol. The van der Waals surface area contributed by atoms with Crippen LogP contribution in [0.4, 0.5) is 0 Å². The molecule has 3 heteroatoms. The molecule has 2 nitrogen and oxygen atoms in total. The highest BCUT2D eigenvalue weighted by Gasteiger charge is 1.97. The zero-order valence-corrected chi connectivity index (χ0v) is 7.51. The van der Waals surface area contributed by atoms with Crippen LogP contribution in [0.2, 0.25) is 5.02 Å². The molecule has 3 N–H and O–H groups in total. The Hall–Kier alpha value is -0.730. The highest BCUT2D eigenvalue weighted by molar-refractivity contribution is 6.30. The van der Waals surface area contributed by atoms with Crippen molar-refractivity contribution in [3.8, 4) is 5.75 Å². The second-order valence-corrected chi connectivity index (χ2v) is 3.15. The number of nitrogens with two attached hydrogens (primary N) is 1. The van der Waals surface area contributed by atoms with Crippen LogP contribution in [0.25, 0.3) is 0 Å². The molecule has 0 fully saturated rings. The SMILES string of the molecule is NCCCc1cc(O)cc(Cl)c1. The number of aryl methyl sites for hydroxylation is 1. The van der Waals surface area contributed by atoms with Crippen LogP contribution < -0.4 is 5.73 Å². The molecule has 0 atom stereocenters. The second kappa shape index (κ2) is 4.33. The highest BCUT2D eigenvalue weighted by atomic mass is 35.5. The van der Waals surface area contributed by atoms with E-state index in [0.29, 0.717) is 11.6 Å². The monoisotopic (exact) mass is 185 g/mol. The van der Waals surface area contributed by atoms with Gasteiger partial charge in [-0.25, -0.2) is 0 Å². The van der Waals surface area contributed by atoms with Crippen molar-refractivity contribution in [2.45, 2.75) is 12.8 Å². The number of hydrogen-bond acceptors (Lipinski definition) is 2. The summed E-state index contributed by atoms with van der Waals surface area (Å²) in [5.74, 6) is 0.217. The largest absolute Gasteiger partial charge is 0.508 e. The van der Waals surface area contributed by atoms with E-state index in [9.17, 15) is 5.11 Å². The Morgan fingerprint density at radius 3 is 2.67 bits per heavy atom. The molecule has 0 saturated heterocycles. The second-order valence-electron chi connectivity index (χ2n) is 2.71. The van der Waals surface area contributed by atoms with Crippen molar-refractivity contribution >= 4 is 11.6 Å². The predicted octanol–water partition coefficient (Wildman–Crippen LogP) is 1.94. The van der Waals surface area contributed by atoms with Gasteiger partial charge in [0, 0.05) is 5.02 Å². The summed E-state index contributed by atoms with van der Waals surface area (Å²) in [7, 11) is 0. The Labute approximate surface area is 77.0 Å². The van der Waals surface area contributed by atoms with E-state index in [4.69, 9.17) is 17.3 Å². The number of halogens is 1. The summed E-state index contributed by atoms with van der Waals surface area (Å²) in [5, 5.41) is 9.75. The molecule has 0 amide bonds. The highest BCUT2D eigenvalue weighted by Crippen LogP contribution is 2.20. The number of hydrogen-bond donors (Lipinski definition) is 2. The third-order valence-corrected chi connectivity index (χ3v) is 1.83. The van der Waals surface area contributed by atoms with Gasteiger partial charge >= 0.3 is 0 Å². The lowest BCUT2D eigenvalue weighted by molar-refractivity contribution is 0.474. The minimum Gasteiger partial charge on any atom is -0.508 e. The van der Waals surface area contributed by atoms with Gasteiger partial charge in [0.15, 0.2) is 0 Å². The molecule has 0 heterocycles. The fourth-order valence-corrected chi connectivity index (χ4v) is 1.34. The van der Waals surface area contributed by atoms with Crippen molar-refractivity contribution in [2.75, 3.05) is 6.54 Å². The smallest absolute Gasteiger partial charge is 0.117 e. The first-order valence-electron chi connectivity index (χ1n) is 3.91. The first kappa shape index (κ1) is 9.36. The zero-order chi connectivity index (χ0) is 8.97. The fourth-order valence-electron chi connectivity index (χ4n) is 1.08. The normalized spacial score (nSPS) is 10.2. The number of phenols is 1. The Morgan fingerprint density at radius 1 is 1.33 bits per heavy atom. The van der Waals surface area contributed by atoms with Crippen molar-refractivity contribution in [3.05, 3.63) is 28.8 Å². The first-order chi connectivity index (χ1) is 5.72. The van der Waals surface area contributed by atoms with Gasteiger partial charge in [-0.2, -0.15) is 0 Å². The van der Waals surface area contributed by atoms with Crippen LogP contribution in [0, 0.1) is 0 Å². The minimum atomic E-state index is 0.217. The molecule has 1 aromatic rings. The lowest BCUT2D eigenvalue weighted by Crippen LogP contribution is -2.00. The lowest BCUT2D eigenvalue weighted by atomic mass is 10.1. The third kappa shape index (κ3) is 2.72. The van der Waals surface area contributed by atoms with Crippen LogP contribution in [-0.2, 0) is 6.42 Å². The van der Waals surface area contributed by atoms with Crippen molar-refractivity contribution in [1.29, 1.82) is 0 Å². The van der Waals surface area contributed by atoms with Gasteiger partial charge in [0.05, 0.1) is 0 Å². The van der Waals surface area contributed by atoms with E-state index in [-0.39, 0.29) is 5.75 Å². The van der Waals surface area contributed by atoms with E-state index in [1.54, 1.807) is 6.07 Å². The van der Waals surface area contributed by atoms with Gasteiger partial charge in [-0.15, -0.1) is 0 Å². The van der Waals surface area contributed by atoms with E-state index < -0.39 is 0 Å². The van der Waals surface area contributed by atoms with Crippen molar-refractivity contribution in [2.24, 2.45) is 5.73 Å². The molecule has 0 aliphatic rings. The standard InChI is InChI=1S/C9H12ClNO/c10-8-4-7(2-1-3-11)5-9(12)6-8/h4-6,12H,1-3,11H2. The molecule has 1 rings (SSSR count). The summed E-state index contributed by atoms with van der Waals surface area (Å²) in [6.07, 6.45) is 1.78. The molecule has 0 bridgehead atoms. The number of phenolic OH excluding ortho intramolecular Hbond substituents is 1. The summed E-state index contributed by atoms with van der Waals surface area (Å²) in [6.45, 7) is 0.660. The van der Waals surface area contributed by atoms with Gasteiger partial charge in [-0.3, -0.25) is 0 Å². The molecular weight excluding hydrogens is 174 g/mol. The average Bonchev–Trinajstić information content (AvgIpc) is 1.99. The summed E-state index contributed by atoms with van der Waals surface area (Å²) < 4.78 is 0. The van der Waals surface area contributed by atoms with E-state index >= 15 is 0 Å². The van der Waals surface area contributed by atoms with Crippen molar-refractivity contribution in [1.82, 2.24) is 0 Å². The van der Waals surface area contributed by atoms with E-state index in [1.165, 1.54) is 6.07 Å². The molecule has 1 aromatic carbocycles. The predicted molar refractivity (Wildman–Crippen MR) is 50.5 cm³/mol. The van der Waals surface area contributed by atoms with Crippen LogP contribution >= 0.6 is 11.6 Å². The van der Waals surface area contributed by atoms with Gasteiger partial charge in [0.25, 0.3) is 0 Å². The molecule has 0 spiro atoms. The third-order valence-electron chi connectivity index (χ3n) is 1.61. The fraction of sp³-hybridized carbons (Fsp3) is 0.333. The molecule has 0 aliphatic carbocycles. The van der Waals surface area contributed by atoms with E-state index in [0.717, 1.165) is 18.4 Å². The van der Waals surface area contributed by atoms with Gasteiger partial charge in [-0.1, -0.05) is 11.6 Å². The van der Waals surface area contributed by atoms with E-state index in [1.807, 2.05) is 6.07 Å². The minimum absolute atomic E-state index is 0.217. The van der Waals surface area contributed by atoms with Crippen LogP contribution in [0.1, 0.15) is 12.0 Å². The Balaban J connectivity index is 2.72. The Kier molecular flexibility index (Phi) is 3.38. The van der Waals surface area contributed by atoms with Crippen molar-refractivity contribution in [3.63, 3.8) is 0 Å². The molecule has 0 aromatic heterocycles. The maximum Gasteiger partial charge on any atom is 0.117 e. The van der Waals surface area contributed by atoms with Crippen LogP contribution in [-0.4, -0.2) is 11.7 Å². The summed E-state index contributed by atoms with van der Waals surface area (Å²) in [4.78, 5) is 0. The van der Waals surface area contributed by atoms with Crippen LogP contribution in [0.15, 0.2) is 18.2 Å². The van der Waals surface area contributed by atoms with Gasteiger partial charge in [-0.05, 0) is 43.1 Å². The lowest BCUT2D eigenvalue weighted by Gasteiger charge is -2.01. The number of aromatic hydroxyl groups is 1. The van der Waals surface area contributed by atoms with E-state index in [2.05, 4.69) is 0 Å². The first-order valence-corrected chi connectivity index (χ1v) is 4.28. The number of benzene rings is 1. The maximum atomic E-state index is 9.18. The summed E-state index contributed by atoms with van der Waals surface area (Å²) in [6, 6.07) is 5.08. The molecule has 0 saturated carbocycles. The Bertz CT molecular complexity index is 242. The summed E-state index contributed by atoms with van der Waals surface area (Å²) in [5.41, 5.74) is 6.39. The molecular formula is C9H12ClNO. The molecule has 0 unspecified atom stereocenters. The molecule has 12 heavy (non-hydrogen) atoms. The molecule has 0 aliphatic heterocycles. The zero-order valence-electron chi connectivity index (χ0n) is 6.76. The topological polar surface area (TPSA) is 46.2 Å². The summed E-state index contributed by atoms with van der Waals surface area (Å²) >= 11 is 5.74. The molecule has 0 radical (unpaired) electrons. The van der Waals surface area contributed by atoms with Crippen molar-refractivity contribution < 1.29 is 5.11 Å². The van der Waals surface area contributed by atoms with Gasteiger partial charge < -0.3 is 10.8 Å². The van der Waals surface area contributed by atoms with Crippen LogP contribution in [0.5, 0.6) is 5.75 Å². The Morgan fingerprint density at radius 2 is 2.08 bits per heavy atom. The van der Waals surface area contributed by atoms with Crippen LogP contribution in [0.3, 0.4) is 0 Å². The van der Waals surface area contributed by atoms with Gasteiger partial charge in [0.2, 0.25) is 0 Å².